The van der Waals surface area contributed by atoms with Gasteiger partial charge in [0.05, 0.1) is 16.6 Å². The smallest absolute Gasteiger partial charge is 0.141 e. The number of phenols is 1. The normalized spacial score (nSPS) is 18.8. The number of benzene rings is 1. The van der Waals surface area contributed by atoms with E-state index in [0.29, 0.717) is 13.1 Å². The van der Waals surface area contributed by atoms with E-state index in [-0.39, 0.29) is 16.3 Å². The van der Waals surface area contributed by atoms with Gasteiger partial charge in [-0.05, 0) is 12.1 Å². The van der Waals surface area contributed by atoms with Crippen LogP contribution in [0, 0.1) is 5.82 Å². The van der Waals surface area contributed by atoms with Gasteiger partial charge in [0, 0.05) is 26.2 Å². The largest absolute Gasteiger partial charge is 0.506 e. The van der Waals surface area contributed by atoms with Gasteiger partial charge in [-0.3, -0.25) is 4.90 Å². The van der Waals surface area contributed by atoms with Crippen LogP contribution in [-0.2, 0) is 0 Å². The molecule has 1 aliphatic rings. The monoisotopic (exact) mass is 276 g/mol. The zero-order chi connectivity index (χ0) is 13.1. The maximum absolute atomic E-state index is 13.8. The SMILES string of the molecule is Oc1c(Cl)ccc(F)c1[C@@H](CF)N1CCNCC1. The van der Waals surface area contributed by atoms with Crippen LogP contribution in [-0.4, -0.2) is 42.9 Å². The molecule has 100 valence electrons. The third-order valence-electron chi connectivity index (χ3n) is 3.19. The summed E-state index contributed by atoms with van der Waals surface area (Å²) in [5.74, 6) is -0.990. The summed E-state index contributed by atoms with van der Waals surface area (Å²) in [6.07, 6.45) is 0. The molecule has 1 aromatic rings. The highest BCUT2D eigenvalue weighted by atomic mass is 35.5. The van der Waals surface area contributed by atoms with Gasteiger partial charge in [0.2, 0.25) is 0 Å². The van der Waals surface area contributed by atoms with Gasteiger partial charge in [0.25, 0.3) is 0 Å². The molecule has 0 amide bonds. The minimum Gasteiger partial charge on any atom is -0.506 e. The molecule has 3 nitrogen and oxygen atoms in total. The van der Waals surface area contributed by atoms with Gasteiger partial charge >= 0.3 is 0 Å². The molecule has 0 aliphatic carbocycles. The van der Waals surface area contributed by atoms with Gasteiger partial charge in [-0.25, -0.2) is 8.78 Å². The van der Waals surface area contributed by atoms with Crippen molar-refractivity contribution in [3.8, 4) is 5.75 Å². The van der Waals surface area contributed by atoms with Crippen LogP contribution in [0.4, 0.5) is 8.78 Å². The molecule has 0 unspecified atom stereocenters. The second-order valence-electron chi connectivity index (χ2n) is 4.25. The second kappa shape index (κ2) is 5.82. The van der Waals surface area contributed by atoms with E-state index in [1.807, 2.05) is 4.90 Å². The number of nitrogens with zero attached hydrogens (tertiary/aromatic N) is 1. The topological polar surface area (TPSA) is 35.5 Å². The van der Waals surface area contributed by atoms with Crippen molar-refractivity contribution in [1.82, 2.24) is 10.2 Å². The standard InChI is InChI=1S/C12H15ClF2N2O/c13-8-1-2-9(15)11(12(8)18)10(7-14)17-5-3-16-4-6-17/h1-2,10,16,18H,3-7H2/t10-/m1/s1. The van der Waals surface area contributed by atoms with Crippen LogP contribution in [0.1, 0.15) is 11.6 Å². The Morgan fingerprint density at radius 3 is 2.67 bits per heavy atom. The lowest BCUT2D eigenvalue weighted by atomic mass is 10.0. The molecule has 1 saturated heterocycles. The molecule has 1 aromatic carbocycles. The quantitative estimate of drug-likeness (QED) is 0.887. The number of hydrogen-bond donors (Lipinski definition) is 2. The number of alkyl halides is 1. The van der Waals surface area contributed by atoms with Gasteiger partial charge in [0.15, 0.2) is 0 Å². The molecule has 0 aromatic heterocycles. The van der Waals surface area contributed by atoms with Gasteiger partial charge < -0.3 is 10.4 Å². The summed E-state index contributed by atoms with van der Waals surface area (Å²) in [7, 11) is 0. The Morgan fingerprint density at radius 2 is 2.06 bits per heavy atom. The van der Waals surface area contributed by atoms with Crippen molar-refractivity contribution in [2.24, 2.45) is 0 Å². The maximum Gasteiger partial charge on any atom is 0.141 e. The molecular weight excluding hydrogens is 262 g/mol. The number of piperazine rings is 1. The summed E-state index contributed by atoms with van der Waals surface area (Å²) in [6.45, 7) is 1.91. The Morgan fingerprint density at radius 1 is 1.39 bits per heavy atom. The number of aromatic hydroxyl groups is 1. The van der Waals surface area contributed by atoms with Crippen molar-refractivity contribution in [3.63, 3.8) is 0 Å². The number of phenolic OH excluding ortho intramolecular Hbond substituents is 1. The summed E-state index contributed by atoms with van der Waals surface area (Å²) in [5, 5.41) is 13.0. The van der Waals surface area contributed by atoms with E-state index in [2.05, 4.69) is 5.32 Å². The first-order valence-corrected chi connectivity index (χ1v) is 6.20. The molecule has 2 N–H and O–H groups in total. The highest BCUT2D eigenvalue weighted by molar-refractivity contribution is 6.32. The fourth-order valence-electron chi connectivity index (χ4n) is 2.22. The predicted octanol–water partition coefficient (Wildman–Crippen LogP) is 2.10. The van der Waals surface area contributed by atoms with Crippen molar-refractivity contribution in [3.05, 3.63) is 28.5 Å². The lowest BCUT2D eigenvalue weighted by Gasteiger charge is -2.34. The average molecular weight is 277 g/mol. The van der Waals surface area contributed by atoms with Crippen LogP contribution in [0.3, 0.4) is 0 Å². The summed E-state index contributed by atoms with van der Waals surface area (Å²) >= 11 is 5.76. The van der Waals surface area contributed by atoms with Crippen LogP contribution in [0.2, 0.25) is 5.02 Å². The van der Waals surface area contributed by atoms with E-state index in [1.54, 1.807) is 0 Å². The summed E-state index contributed by atoms with van der Waals surface area (Å²) in [5.41, 5.74) is -0.0492. The van der Waals surface area contributed by atoms with Crippen molar-refractivity contribution >= 4 is 11.6 Å². The fraction of sp³-hybridized carbons (Fsp3) is 0.500. The third-order valence-corrected chi connectivity index (χ3v) is 3.49. The van der Waals surface area contributed by atoms with Crippen molar-refractivity contribution in [2.75, 3.05) is 32.9 Å². The molecular formula is C12H15ClF2N2O. The first-order valence-electron chi connectivity index (χ1n) is 5.82. The van der Waals surface area contributed by atoms with Crippen molar-refractivity contribution < 1.29 is 13.9 Å². The minimum absolute atomic E-state index is 0.0417. The highest BCUT2D eigenvalue weighted by Crippen LogP contribution is 2.36. The third kappa shape index (κ3) is 2.58. The van der Waals surface area contributed by atoms with Crippen LogP contribution < -0.4 is 5.32 Å². The van der Waals surface area contributed by atoms with E-state index < -0.39 is 18.5 Å². The van der Waals surface area contributed by atoms with Crippen LogP contribution >= 0.6 is 11.6 Å². The molecule has 1 fully saturated rings. The number of rotatable bonds is 3. The van der Waals surface area contributed by atoms with Crippen LogP contribution in [0.25, 0.3) is 0 Å². The minimum atomic E-state index is -0.786. The first kappa shape index (κ1) is 13.5. The van der Waals surface area contributed by atoms with Crippen molar-refractivity contribution in [1.29, 1.82) is 0 Å². The zero-order valence-electron chi connectivity index (χ0n) is 9.80. The molecule has 0 radical (unpaired) electrons. The number of hydrogen-bond acceptors (Lipinski definition) is 3. The molecule has 0 spiro atoms. The number of halogens is 3. The zero-order valence-corrected chi connectivity index (χ0v) is 10.6. The molecule has 18 heavy (non-hydrogen) atoms. The summed E-state index contributed by atoms with van der Waals surface area (Å²) in [4.78, 5) is 1.81. The highest BCUT2D eigenvalue weighted by Gasteiger charge is 2.28. The van der Waals surface area contributed by atoms with E-state index in [1.165, 1.54) is 6.07 Å². The van der Waals surface area contributed by atoms with Gasteiger partial charge in [-0.1, -0.05) is 11.6 Å². The van der Waals surface area contributed by atoms with E-state index in [0.717, 1.165) is 19.2 Å². The Hall–Kier alpha value is -0.910. The van der Waals surface area contributed by atoms with E-state index in [4.69, 9.17) is 11.6 Å². The van der Waals surface area contributed by atoms with Gasteiger partial charge in [0.1, 0.15) is 18.2 Å². The summed E-state index contributed by atoms with van der Waals surface area (Å²) < 4.78 is 27.0. The molecule has 0 saturated carbocycles. The molecule has 1 heterocycles. The maximum atomic E-state index is 13.8. The average Bonchev–Trinajstić information content (AvgIpc) is 2.40. The van der Waals surface area contributed by atoms with Crippen LogP contribution in [0.15, 0.2) is 12.1 Å². The van der Waals surface area contributed by atoms with E-state index in [9.17, 15) is 13.9 Å². The Balaban J connectivity index is 2.34. The van der Waals surface area contributed by atoms with E-state index >= 15 is 0 Å². The van der Waals surface area contributed by atoms with Crippen LogP contribution in [0.5, 0.6) is 5.75 Å². The van der Waals surface area contributed by atoms with Gasteiger partial charge in [-0.15, -0.1) is 0 Å². The lowest BCUT2D eigenvalue weighted by molar-refractivity contribution is 0.142. The Labute approximate surface area is 109 Å². The fourth-order valence-corrected chi connectivity index (χ4v) is 2.39. The molecule has 6 heteroatoms. The van der Waals surface area contributed by atoms with Crippen molar-refractivity contribution in [2.45, 2.75) is 6.04 Å². The lowest BCUT2D eigenvalue weighted by Crippen LogP contribution is -2.45. The Kier molecular flexibility index (Phi) is 4.37. The second-order valence-corrected chi connectivity index (χ2v) is 4.65. The Bertz CT molecular complexity index is 425. The molecule has 1 aliphatic heterocycles. The molecule has 2 rings (SSSR count). The first-order chi connectivity index (χ1) is 8.65. The predicted molar refractivity (Wildman–Crippen MR) is 66.2 cm³/mol. The van der Waals surface area contributed by atoms with Gasteiger partial charge in [-0.2, -0.15) is 0 Å². The summed E-state index contributed by atoms with van der Waals surface area (Å²) in [6, 6.07) is 1.64. The number of nitrogens with one attached hydrogen (secondary N) is 1. The molecule has 0 bridgehead atoms. The molecule has 1 atom stereocenters.